The SMILES string of the molecule is C[C@H]1[C@@H](CSc2nc(-c3ccccc3)c(-c3ccccc3)o2)O[C@@H](c2ccc(NC(=O)Nc3ccc(Oc4ccccc4)cc3)cc2)O[C@H]1c1ccc(CO)cc1. The maximum Gasteiger partial charge on any atom is 0.323 e. The van der Waals surface area contributed by atoms with Crippen LogP contribution in [0.25, 0.3) is 22.6 Å². The summed E-state index contributed by atoms with van der Waals surface area (Å²) in [5.74, 6) is 2.66. The van der Waals surface area contributed by atoms with Gasteiger partial charge in [0, 0.05) is 39.7 Å². The van der Waals surface area contributed by atoms with Gasteiger partial charge in [0.1, 0.15) is 17.2 Å². The second kappa shape index (κ2) is 17.7. The molecule has 286 valence electrons. The molecule has 7 aromatic rings. The average molecular weight is 776 g/mol. The van der Waals surface area contributed by atoms with Crippen molar-refractivity contribution in [1.29, 1.82) is 0 Å². The minimum atomic E-state index is -0.682. The number of urea groups is 1. The Balaban J connectivity index is 0.964. The summed E-state index contributed by atoms with van der Waals surface area (Å²) in [5, 5.41) is 16.0. The second-order valence-corrected chi connectivity index (χ2v) is 14.6. The first-order valence-electron chi connectivity index (χ1n) is 18.7. The third kappa shape index (κ3) is 9.28. The van der Waals surface area contributed by atoms with Gasteiger partial charge in [-0.3, -0.25) is 0 Å². The molecule has 8 rings (SSSR count). The Morgan fingerprint density at radius 2 is 1.25 bits per heavy atom. The topological polar surface area (TPSA) is 115 Å². The van der Waals surface area contributed by atoms with Crippen molar-refractivity contribution in [3.8, 4) is 34.1 Å². The van der Waals surface area contributed by atoms with Crippen LogP contribution in [-0.2, 0) is 16.1 Å². The number of nitrogens with one attached hydrogen (secondary N) is 2. The van der Waals surface area contributed by atoms with Crippen molar-refractivity contribution >= 4 is 29.2 Å². The van der Waals surface area contributed by atoms with E-state index in [9.17, 15) is 9.90 Å². The predicted molar refractivity (Wildman–Crippen MR) is 223 cm³/mol. The van der Waals surface area contributed by atoms with Crippen molar-refractivity contribution in [3.63, 3.8) is 0 Å². The van der Waals surface area contributed by atoms with Crippen LogP contribution >= 0.6 is 11.8 Å². The van der Waals surface area contributed by atoms with Gasteiger partial charge in [-0.15, -0.1) is 0 Å². The smallest absolute Gasteiger partial charge is 0.323 e. The molecule has 57 heavy (non-hydrogen) atoms. The van der Waals surface area contributed by atoms with Crippen molar-refractivity contribution in [2.45, 2.75) is 37.3 Å². The number of carbonyl (C=O) groups is 1. The third-order valence-corrected chi connectivity index (χ3v) is 10.6. The zero-order chi connectivity index (χ0) is 39.0. The molecule has 0 saturated carbocycles. The number of carbonyl (C=O) groups excluding carboxylic acids is 1. The molecule has 1 aliphatic rings. The van der Waals surface area contributed by atoms with Gasteiger partial charge >= 0.3 is 6.03 Å². The highest BCUT2D eigenvalue weighted by Gasteiger charge is 2.38. The number of amides is 2. The number of para-hydroxylation sites is 1. The largest absolute Gasteiger partial charge is 0.457 e. The Kier molecular flexibility index (Phi) is 11.7. The summed E-state index contributed by atoms with van der Waals surface area (Å²) in [7, 11) is 0. The minimum absolute atomic E-state index is 0.0329. The molecular weight excluding hydrogens is 735 g/mol. The van der Waals surface area contributed by atoms with Gasteiger partial charge in [0.15, 0.2) is 12.1 Å². The van der Waals surface area contributed by atoms with Crippen LogP contribution in [0.15, 0.2) is 173 Å². The summed E-state index contributed by atoms with van der Waals surface area (Å²) < 4.78 is 25.7. The van der Waals surface area contributed by atoms with Crippen LogP contribution in [0.1, 0.15) is 36.0 Å². The number of rotatable bonds is 12. The van der Waals surface area contributed by atoms with Crippen molar-refractivity contribution < 1.29 is 28.5 Å². The van der Waals surface area contributed by atoms with Crippen LogP contribution < -0.4 is 15.4 Å². The summed E-state index contributed by atoms with van der Waals surface area (Å²) >= 11 is 1.51. The number of oxazole rings is 1. The van der Waals surface area contributed by atoms with Gasteiger partial charge in [0.05, 0.1) is 18.8 Å². The van der Waals surface area contributed by atoms with Gasteiger partial charge in [-0.05, 0) is 59.7 Å². The van der Waals surface area contributed by atoms with E-state index < -0.39 is 6.29 Å². The third-order valence-electron chi connectivity index (χ3n) is 9.72. The molecular formula is C47H41N3O6S. The lowest BCUT2D eigenvalue weighted by Crippen LogP contribution is -2.38. The molecule has 0 unspecified atom stereocenters. The Morgan fingerprint density at radius 1 is 0.684 bits per heavy atom. The lowest BCUT2D eigenvalue weighted by atomic mass is 9.91. The predicted octanol–water partition coefficient (Wildman–Crippen LogP) is 11.5. The fraction of sp³-hybridized carbons (Fsp3) is 0.149. The Labute approximate surface area is 335 Å². The quantitative estimate of drug-likeness (QED) is 0.105. The molecule has 2 heterocycles. The number of thioether (sulfide) groups is 1. The van der Waals surface area contributed by atoms with Crippen LogP contribution in [0.4, 0.5) is 16.2 Å². The molecule has 6 aromatic carbocycles. The zero-order valence-corrected chi connectivity index (χ0v) is 32.0. The van der Waals surface area contributed by atoms with Crippen molar-refractivity contribution in [1.82, 2.24) is 4.98 Å². The lowest BCUT2D eigenvalue weighted by molar-refractivity contribution is -0.268. The van der Waals surface area contributed by atoms with Crippen molar-refractivity contribution in [2.24, 2.45) is 5.92 Å². The lowest BCUT2D eigenvalue weighted by Gasteiger charge is -2.41. The van der Waals surface area contributed by atoms with Gasteiger partial charge in [0.25, 0.3) is 5.22 Å². The first kappa shape index (κ1) is 37.7. The van der Waals surface area contributed by atoms with Gasteiger partial charge in [-0.1, -0.05) is 134 Å². The normalized spacial score (nSPS) is 17.8. The fourth-order valence-corrected chi connectivity index (χ4v) is 7.64. The van der Waals surface area contributed by atoms with Crippen LogP contribution in [0.5, 0.6) is 11.5 Å². The van der Waals surface area contributed by atoms with E-state index in [0.717, 1.165) is 45.0 Å². The highest BCUT2D eigenvalue weighted by Crippen LogP contribution is 2.44. The number of benzene rings is 6. The molecule has 0 bridgehead atoms. The average Bonchev–Trinajstić information content (AvgIpc) is 3.70. The number of hydrogen-bond donors (Lipinski definition) is 3. The van der Waals surface area contributed by atoms with E-state index in [0.29, 0.717) is 28.1 Å². The molecule has 0 radical (unpaired) electrons. The molecule has 0 spiro atoms. The van der Waals surface area contributed by atoms with Crippen LogP contribution in [-0.4, -0.2) is 28.0 Å². The van der Waals surface area contributed by atoms with Gasteiger partial charge in [0.2, 0.25) is 0 Å². The molecule has 1 aliphatic heterocycles. The van der Waals surface area contributed by atoms with E-state index in [1.165, 1.54) is 11.8 Å². The number of aliphatic hydroxyl groups excluding tert-OH is 1. The van der Waals surface area contributed by atoms with Gasteiger partial charge in [-0.25, -0.2) is 9.78 Å². The molecule has 0 aliphatic carbocycles. The van der Waals surface area contributed by atoms with Crippen molar-refractivity contribution in [3.05, 3.63) is 180 Å². The van der Waals surface area contributed by atoms with Gasteiger partial charge in [-0.2, -0.15) is 0 Å². The molecule has 1 fully saturated rings. The number of nitrogens with zero attached hydrogens (tertiary/aromatic N) is 1. The molecule has 2 amide bonds. The van der Waals surface area contributed by atoms with E-state index in [-0.39, 0.29) is 30.8 Å². The highest BCUT2D eigenvalue weighted by atomic mass is 32.2. The molecule has 3 N–H and O–H groups in total. The zero-order valence-electron chi connectivity index (χ0n) is 31.2. The van der Waals surface area contributed by atoms with Crippen LogP contribution in [0.3, 0.4) is 0 Å². The van der Waals surface area contributed by atoms with Gasteiger partial charge < -0.3 is 34.4 Å². The van der Waals surface area contributed by atoms with E-state index in [2.05, 4.69) is 17.6 Å². The first-order valence-corrected chi connectivity index (χ1v) is 19.7. The first-order chi connectivity index (χ1) is 28.0. The van der Waals surface area contributed by atoms with Crippen LogP contribution in [0, 0.1) is 5.92 Å². The number of hydrogen-bond acceptors (Lipinski definition) is 8. The summed E-state index contributed by atoms with van der Waals surface area (Å²) in [5.41, 5.74) is 6.59. The Morgan fingerprint density at radius 3 is 1.88 bits per heavy atom. The highest BCUT2D eigenvalue weighted by molar-refractivity contribution is 7.99. The van der Waals surface area contributed by atoms with Crippen LogP contribution in [0.2, 0.25) is 0 Å². The summed E-state index contributed by atoms with van der Waals surface area (Å²) in [6.07, 6.45) is -1.21. The molecule has 1 saturated heterocycles. The monoisotopic (exact) mass is 775 g/mol. The van der Waals surface area contributed by atoms with Crippen molar-refractivity contribution in [2.75, 3.05) is 16.4 Å². The number of ether oxygens (including phenoxy) is 3. The second-order valence-electron chi connectivity index (χ2n) is 13.7. The number of anilines is 2. The summed E-state index contributed by atoms with van der Waals surface area (Å²) in [6.45, 7) is 2.09. The van der Waals surface area contributed by atoms with E-state index in [1.807, 2.05) is 140 Å². The molecule has 1 aromatic heterocycles. The molecule has 9 nitrogen and oxygen atoms in total. The Hall–Kier alpha value is -6.17. The van der Waals surface area contributed by atoms with E-state index >= 15 is 0 Å². The number of aliphatic hydroxyl groups is 1. The summed E-state index contributed by atoms with van der Waals surface area (Å²) in [4.78, 5) is 17.9. The Bertz CT molecular complexity index is 2300. The maximum atomic E-state index is 12.9. The summed E-state index contributed by atoms with van der Waals surface area (Å²) in [6, 6.07) is 51.7. The standard InChI is InChI=1S/C47H41N3O6S/c1-31-41(30-57-47-50-42(33-11-5-2-6-12-33)44(56-47)34-13-7-3-8-14-34)54-45(55-43(31)35-19-17-32(29-51)18-20-35)36-21-23-37(24-22-36)48-46(52)49-38-25-27-40(28-26-38)53-39-15-9-4-10-16-39/h2-28,31,41,43,45,51H,29-30H2,1H3,(H2,48,49,52)/t31-,41+,43+,45+/m0/s1. The van der Waals surface area contributed by atoms with E-state index in [1.54, 1.807) is 24.3 Å². The molecule has 4 atom stereocenters. The maximum absolute atomic E-state index is 12.9. The minimum Gasteiger partial charge on any atom is -0.457 e. The fourth-order valence-electron chi connectivity index (χ4n) is 6.65. The van der Waals surface area contributed by atoms with E-state index in [4.69, 9.17) is 23.6 Å². The molecule has 10 heteroatoms. The number of aromatic nitrogens is 1.